The molecule has 0 aromatic heterocycles. The molecule has 0 aromatic rings. The summed E-state index contributed by atoms with van der Waals surface area (Å²) >= 11 is 0. The summed E-state index contributed by atoms with van der Waals surface area (Å²) in [5.74, 6) is -1.30. The molecule has 0 fully saturated rings. The van der Waals surface area contributed by atoms with E-state index in [4.69, 9.17) is 10.2 Å². The lowest BCUT2D eigenvalue weighted by Gasteiger charge is -2.31. The summed E-state index contributed by atoms with van der Waals surface area (Å²) in [4.78, 5) is 23.7. The van der Waals surface area contributed by atoms with E-state index >= 15 is 0 Å². The first-order valence-electron chi connectivity index (χ1n) is 5.56. The molecule has 0 spiro atoms. The number of hydrogen-bond acceptors (Lipinski definition) is 3. The normalized spacial score (nSPS) is 12.9. The van der Waals surface area contributed by atoms with Crippen LogP contribution in [-0.2, 0) is 4.79 Å². The topological polar surface area (TPSA) is 81.1 Å². The Balaban J connectivity index is 4.93. The fourth-order valence-electron chi connectivity index (χ4n) is 1.55. The highest BCUT2D eigenvalue weighted by Gasteiger charge is 2.36. The molecule has 0 heterocycles. The Labute approximate surface area is 108 Å². The van der Waals surface area contributed by atoms with E-state index in [9.17, 15) is 22.8 Å². The fourth-order valence-corrected chi connectivity index (χ4v) is 1.55. The van der Waals surface area contributed by atoms with Gasteiger partial charge in [0.1, 0.15) is 12.6 Å². The molecule has 0 bridgehead atoms. The van der Waals surface area contributed by atoms with Crippen LogP contribution in [0.25, 0.3) is 0 Å². The third-order valence-corrected chi connectivity index (χ3v) is 2.45. The number of aliphatic hydroxyl groups excluding tert-OH is 1. The Hall–Kier alpha value is -1.51. The molecule has 1 atom stereocenters. The number of aliphatic hydroxyl groups is 1. The number of aliphatic carboxylic acids is 1. The van der Waals surface area contributed by atoms with Gasteiger partial charge in [-0.05, 0) is 6.42 Å². The number of carboxylic acids is 1. The molecule has 0 saturated carbocycles. The van der Waals surface area contributed by atoms with Gasteiger partial charge < -0.3 is 20.0 Å². The van der Waals surface area contributed by atoms with Crippen LogP contribution in [-0.4, -0.2) is 71.0 Å². The van der Waals surface area contributed by atoms with Gasteiger partial charge in [-0.25, -0.2) is 9.59 Å². The van der Waals surface area contributed by atoms with Crippen LogP contribution >= 0.6 is 0 Å². The molecule has 9 heteroatoms. The van der Waals surface area contributed by atoms with Crippen molar-refractivity contribution in [2.45, 2.75) is 25.6 Å². The summed E-state index contributed by atoms with van der Waals surface area (Å²) < 4.78 is 36.9. The zero-order valence-corrected chi connectivity index (χ0v) is 10.6. The van der Waals surface area contributed by atoms with Crippen LogP contribution in [0.15, 0.2) is 0 Å². The maximum absolute atomic E-state index is 12.3. The molecule has 0 saturated heterocycles. The largest absolute Gasteiger partial charge is 0.480 e. The van der Waals surface area contributed by atoms with Crippen molar-refractivity contribution in [2.75, 3.05) is 26.7 Å². The number of urea groups is 1. The van der Waals surface area contributed by atoms with Crippen LogP contribution in [0.3, 0.4) is 0 Å². The maximum Gasteiger partial charge on any atom is 0.406 e. The number of rotatable bonds is 6. The van der Waals surface area contributed by atoms with Crippen molar-refractivity contribution in [1.29, 1.82) is 0 Å². The Kier molecular flexibility index (Phi) is 6.60. The lowest BCUT2D eigenvalue weighted by molar-refractivity contribution is -0.144. The molecule has 0 rings (SSSR count). The van der Waals surface area contributed by atoms with E-state index in [0.717, 1.165) is 11.9 Å². The summed E-state index contributed by atoms with van der Waals surface area (Å²) in [7, 11) is 1.12. The fraction of sp³-hybridized carbons (Fsp3) is 0.800. The zero-order chi connectivity index (χ0) is 15.2. The highest BCUT2D eigenvalue weighted by molar-refractivity contribution is 5.82. The van der Waals surface area contributed by atoms with Crippen LogP contribution in [0.2, 0.25) is 0 Å². The van der Waals surface area contributed by atoms with Crippen molar-refractivity contribution in [3.8, 4) is 0 Å². The van der Waals surface area contributed by atoms with E-state index in [1.165, 1.54) is 6.92 Å². The number of amides is 2. The van der Waals surface area contributed by atoms with Gasteiger partial charge in [0.05, 0.1) is 6.61 Å². The second-order valence-corrected chi connectivity index (χ2v) is 3.92. The number of likely N-dealkylation sites (N-methyl/N-ethyl adjacent to an activating group) is 1. The van der Waals surface area contributed by atoms with Gasteiger partial charge in [0.2, 0.25) is 0 Å². The van der Waals surface area contributed by atoms with E-state index in [0.29, 0.717) is 4.90 Å². The lowest BCUT2D eigenvalue weighted by atomic mass is 10.2. The molecule has 2 amide bonds. The van der Waals surface area contributed by atoms with Crippen LogP contribution < -0.4 is 0 Å². The lowest BCUT2D eigenvalue weighted by Crippen LogP contribution is -2.51. The molecule has 2 N–H and O–H groups in total. The molecule has 6 nitrogen and oxygen atoms in total. The number of nitrogens with zero attached hydrogens (tertiary/aromatic N) is 2. The number of carbonyl (C=O) groups excluding carboxylic acids is 1. The minimum Gasteiger partial charge on any atom is -0.480 e. The molecule has 0 aliphatic carbocycles. The van der Waals surface area contributed by atoms with Gasteiger partial charge >= 0.3 is 18.2 Å². The average Bonchev–Trinajstić information content (AvgIpc) is 2.26. The smallest absolute Gasteiger partial charge is 0.406 e. The van der Waals surface area contributed by atoms with Crippen LogP contribution in [0.1, 0.15) is 13.3 Å². The predicted octanol–water partition coefficient (Wildman–Crippen LogP) is 0.758. The number of carboxylic acid groups (broad SMARTS) is 1. The molecule has 0 aliphatic heterocycles. The van der Waals surface area contributed by atoms with Crippen molar-refractivity contribution < 1.29 is 33.0 Å². The second-order valence-electron chi connectivity index (χ2n) is 3.92. The molecule has 0 aliphatic rings. The van der Waals surface area contributed by atoms with Crippen molar-refractivity contribution in [1.82, 2.24) is 9.80 Å². The summed E-state index contributed by atoms with van der Waals surface area (Å²) in [5, 5.41) is 17.5. The van der Waals surface area contributed by atoms with Crippen molar-refractivity contribution in [2.24, 2.45) is 0 Å². The Bertz CT molecular complexity index is 322. The number of hydrogen-bond donors (Lipinski definition) is 2. The molecular weight excluding hydrogens is 269 g/mol. The molecule has 112 valence electrons. The number of halogens is 3. The van der Waals surface area contributed by atoms with Crippen LogP contribution in [0.5, 0.6) is 0 Å². The average molecular weight is 286 g/mol. The summed E-state index contributed by atoms with van der Waals surface area (Å²) in [6, 6.07) is -2.29. The Morgan fingerprint density at radius 2 is 1.84 bits per heavy atom. The summed E-state index contributed by atoms with van der Waals surface area (Å²) in [6.45, 7) is -1.19. The van der Waals surface area contributed by atoms with E-state index in [1.54, 1.807) is 0 Å². The van der Waals surface area contributed by atoms with Gasteiger partial charge in [0.25, 0.3) is 0 Å². The van der Waals surface area contributed by atoms with Gasteiger partial charge in [-0.15, -0.1) is 0 Å². The zero-order valence-electron chi connectivity index (χ0n) is 10.6. The van der Waals surface area contributed by atoms with Crippen molar-refractivity contribution >= 4 is 12.0 Å². The molecule has 0 radical (unpaired) electrons. The van der Waals surface area contributed by atoms with E-state index in [1.807, 2.05) is 0 Å². The first-order valence-corrected chi connectivity index (χ1v) is 5.56. The van der Waals surface area contributed by atoms with Gasteiger partial charge in [-0.2, -0.15) is 13.2 Å². The molecule has 1 unspecified atom stereocenters. The quantitative estimate of drug-likeness (QED) is 0.755. The number of carbonyl (C=O) groups is 2. The van der Waals surface area contributed by atoms with Gasteiger partial charge in [0.15, 0.2) is 0 Å². The third-order valence-electron chi connectivity index (χ3n) is 2.45. The summed E-state index contributed by atoms with van der Waals surface area (Å²) in [5.41, 5.74) is 0. The minimum atomic E-state index is -4.61. The first-order chi connectivity index (χ1) is 8.64. The SMILES string of the molecule is CCC(C(=O)O)N(C)C(=O)N(CCO)CC(F)(F)F. The van der Waals surface area contributed by atoms with Crippen LogP contribution in [0, 0.1) is 0 Å². The van der Waals surface area contributed by atoms with Crippen LogP contribution in [0.4, 0.5) is 18.0 Å². The molecule has 19 heavy (non-hydrogen) atoms. The third kappa shape index (κ3) is 5.77. The van der Waals surface area contributed by atoms with E-state index < -0.39 is 43.9 Å². The highest BCUT2D eigenvalue weighted by atomic mass is 19.4. The van der Waals surface area contributed by atoms with Gasteiger partial charge in [-0.1, -0.05) is 6.92 Å². The summed E-state index contributed by atoms with van der Waals surface area (Å²) in [6.07, 6.45) is -4.55. The first kappa shape index (κ1) is 17.5. The van der Waals surface area contributed by atoms with Gasteiger partial charge in [-0.3, -0.25) is 0 Å². The van der Waals surface area contributed by atoms with E-state index in [2.05, 4.69) is 0 Å². The Morgan fingerprint density at radius 3 is 2.16 bits per heavy atom. The standard InChI is InChI=1S/C10H17F3N2O4/c1-3-7(8(17)18)14(2)9(19)15(4-5-16)6-10(11,12)13/h7,16H,3-6H2,1-2H3,(H,17,18). The highest BCUT2D eigenvalue weighted by Crippen LogP contribution is 2.18. The predicted molar refractivity (Wildman–Crippen MR) is 59.6 cm³/mol. The monoisotopic (exact) mass is 286 g/mol. The second kappa shape index (κ2) is 7.17. The maximum atomic E-state index is 12.3. The van der Waals surface area contributed by atoms with Gasteiger partial charge in [0, 0.05) is 13.6 Å². The molecule has 0 aromatic carbocycles. The minimum absolute atomic E-state index is 0.0660. The Morgan fingerprint density at radius 1 is 1.32 bits per heavy atom. The van der Waals surface area contributed by atoms with Crippen molar-refractivity contribution in [3.05, 3.63) is 0 Å². The number of alkyl halides is 3. The van der Waals surface area contributed by atoms with E-state index in [-0.39, 0.29) is 6.42 Å². The van der Waals surface area contributed by atoms with Crippen molar-refractivity contribution in [3.63, 3.8) is 0 Å². The molecular formula is C10H17F3N2O4.